The zero-order valence-corrected chi connectivity index (χ0v) is 22.5. The summed E-state index contributed by atoms with van der Waals surface area (Å²) in [5.74, 6) is -3.83. The molecule has 0 unspecified atom stereocenters. The van der Waals surface area contributed by atoms with Crippen molar-refractivity contribution in [2.45, 2.75) is 34.7 Å². The van der Waals surface area contributed by atoms with Gasteiger partial charge in [0, 0.05) is 12.6 Å². The first-order chi connectivity index (χ1) is 19.7. The second-order valence-corrected chi connectivity index (χ2v) is 11.7. The van der Waals surface area contributed by atoms with Crippen molar-refractivity contribution < 1.29 is 59.0 Å². The molecule has 3 aromatic carbocycles. The summed E-state index contributed by atoms with van der Waals surface area (Å²) >= 11 is 0. The number of imide groups is 2. The molecule has 2 heterocycles. The van der Waals surface area contributed by atoms with Gasteiger partial charge in [0.2, 0.25) is 9.84 Å². The fourth-order valence-corrected chi connectivity index (χ4v) is 6.18. The Bertz CT molecular complexity index is 1890. The summed E-state index contributed by atoms with van der Waals surface area (Å²) in [5.41, 5.74) is -9.53. The van der Waals surface area contributed by atoms with E-state index in [9.17, 15) is 59.0 Å². The van der Waals surface area contributed by atoms with Gasteiger partial charge in [-0.3, -0.25) is 24.1 Å². The van der Waals surface area contributed by atoms with E-state index in [0.717, 1.165) is 60.4 Å². The molecule has 9 nitrogen and oxygen atoms in total. The number of alkyl halides is 6. The lowest BCUT2D eigenvalue weighted by atomic mass is 9.88. The highest BCUT2D eigenvalue weighted by atomic mass is 32.2. The molecule has 0 atom stereocenters. The minimum atomic E-state index is -6.23. The van der Waals surface area contributed by atoms with Gasteiger partial charge in [-0.1, -0.05) is 6.07 Å². The SMILES string of the molecule is Cc1ccc(N2C(=O)c3ccc(S(=O)(=O)c4ccc5c(c4)C(=O)N(C)C5=O)cc3C2=O)cc1C(O)(C(F)(F)F)C(F)(F)F. The molecule has 4 amide bonds. The predicted octanol–water partition coefficient (Wildman–Crippen LogP) is 4.17. The van der Waals surface area contributed by atoms with E-state index < -0.39 is 89.2 Å². The van der Waals surface area contributed by atoms with Crippen LogP contribution < -0.4 is 4.90 Å². The van der Waals surface area contributed by atoms with Crippen molar-refractivity contribution in [2.75, 3.05) is 11.9 Å². The maximum atomic E-state index is 13.6. The largest absolute Gasteiger partial charge is 0.430 e. The third kappa shape index (κ3) is 4.15. The van der Waals surface area contributed by atoms with Crippen molar-refractivity contribution in [3.63, 3.8) is 0 Å². The minimum absolute atomic E-state index is 0.0303. The average Bonchev–Trinajstić information content (AvgIpc) is 3.30. The zero-order valence-electron chi connectivity index (χ0n) is 21.7. The van der Waals surface area contributed by atoms with Gasteiger partial charge in [0.25, 0.3) is 29.2 Å². The van der Waals surface area contributed by atoms with Crippen LogP contribution in [-0.2, 0) is 15.4 Å². The molecule has 43 heavy (non-hydrogen) atoms. The van der Waals surface area contributed by atoms with Gasteiger partial charge in [0.05, 0.1) is 37.7 Å². The number of benzene rings is 3. The summed E-state index contributed by atoms with van der Waals surface area (Å²) in [6.45, 7) is 0.863. The number of halogens is 6. The van der Waals surface area contributed by atoms with Gasteiger partial charge in [-0.2, -0.15) is 26.3 Å². The second-order valence-electron chi connectivity index (χ2n) is 9.74. The van der Waals surface area contributed by atoms with E-state index in [1.807, 2.05) is 0 Å². The van der Waals surface area contributed by atoms with E-state index in [0.29, 0.717) is 0 Å². The molecule has 0 aromatic heterocycles. The zero-order chi connectivity index (χ0) is 32.0. The van der Waals surface area contributed by atoms with Crippen molar-refractivity contribution in [3.8, 4) is 0 Å². The Kier molecular flexibility index (Phi) is 6.41. The van der Waals surface area contributed by atoms with Gasteiger partial charge in [-0.05, 0) is 61.0 Å². The van der Waals surface area contributed by atoms with Crippen LogP contribution in [0.4, 0.5) is 32.0 Å². The van der Waals surface area contributed by atoms with Gasteiger partial charge in [-0.15, -0.1) is 0 Å². The van der Waals surface area contributed by atoms with Crippen molar-refractivity contribution in [3.05, 3.63) is 88.0 Å². The number of sulfone groups is 1. The number of anilines is 1. The molecule has 0 fully saturated rings. The van der Waals surface area contributed by atoms with Gasteiger partial charge in [-0.25, -0.2) is 13.3 Å². The van der Waals surface area contributed by atoms with E-state index in [4.69, 9.17) is 0 Å². The molecule has 0 aliphatic carbocycles. The van der Waals surface area contributed by atoms with E-state index in [-0.39, 0.29) is 22.1 Å². The monoisotopic (exact) mass is 626 g/mol. The number of carbonyl (C=O) groups is 4. The van der Waals surface area contributed by atoms with Crippen LogP contribution in [0.5, 0.6) is 0 Å². The summed E-state index contributed by atoms with van der Waals surface area (Å²) in [4.78, 5) is 50.9. The van der Waals surface area contributed by atoms with Crippen molar-refractivity contribution >= 4 is 39.2 Å². The molecule has 16 heteroatoms. The van der Waals surface area contributed by atoms with Crippen LogP contribution in [0, 0.1) is 6.92 Å². The summed E-state index contributed by atoms with van der Waals surface area (Å²) in [7, 11) is -3.27. The maximum absolute atomic E-state index is 13.6. The van der Waals surface area contributed by atoms with Crippen LogP contribution in [0.2, 0.25) is 0 Å². The summed E-state index contributed by atoms with van der Waals surface area (Å²) in [5, 5.41) is 9.90. The van der Waals surface area contributed by atoms with Crippen LogP contribution in [0.25, 0.3) is 0 Å². The highest BCUT2D eigenvalue weighted by Gasteiger charge is 2.72. The molecule has 2 aliphatic rings. The Balaban J connectivity index is 1.56. The van der Waals surface area contributed by atoms with E-state index in [1.54, 1.807) is 0 Å². The first kappa shape index (κ1) is 29.9. The summed E-state index contributed by atoms with van der Waals surface area (Å²) in [6, 6.07) is 7.71. The van der Waals surface area contributed by atoms with Crippen molar-refractivity contribution in [1.29, 1.82) is 0 Å². The predicted molar refractivity (Wildman–Crippen MR) is 133 cm³/mol. The second kappa shape index (κ2) is 9.21. The number of nitrogens with zero attached hydrogens (tertiary/aromatic N) is 2. The lowest BCUT2D eigenvalue weighted by Crippen LogP contribution is -2.54. The molecule has 0 bridgehead atoms. The molecule has 2 aliphatic heterocycles. The Hall–Kier alpha value is -4.57. The molecule has 0 spiro atoms. The normalized spacial score (nSPS) is 15.8. The Morgan fingerprint density at radius 1 is 0.651 bits per heavy atom. The number of rotatable bonds is 4. The van der Waals surface area contributed by atoms with E-state index >= 15 is 0 Å². The number of hydrogen-bond donors (Lipinski definition) is 1. The third-order valence-corrected chi connectivity index (χ3v) is 8.98. The van der Waals surface area contributed by atoms with Crippen molar-refractivity contribution in [2.24, 2.45) is 0 Å². The molecular weight excluding hydrogens is 610 g/mol. The lowest BCUT2D eigenvalue weighted by Gasteiger charge is -2.34. The number of aryl methyl sites for hydroxylation is 1. The van der Waals surface area contributed by atoms with Crippen molar-refractivity contribution in [1.82, 2.24) is 4.90 Å². The Morgan fingerprint density at radius 2 is 1.09 bits per heavy atom. The lowest BCUT2D eigenvalue weighted by molar-refractivity contribution is -0.376. The minimum Gasteiger partial charge on any atom is -0.369 e. The molecule has 0 radical (unpaired) electrons. The summed E-state index contributed by atoms with van der Waals surface area (Å²) in [6.07, 6.45) is -12.5. The Labute approximate surface area is 237 Å². The number of carbonyl (C=O) groups excluding carboxylic acids is 4. The van der Waals surface area contributed by atoms with Gasteiger partial charge >= 0.3 is 12.4 Å². The van der Waals surface area contributed by atoms with Crippen LogP contribution in [0.1, 0.15) is 52.6 Å². The van der Waals surface area contributed by atoms with E-state index in [1.165, 1.54) is 7.05 Å². The van der Waals surface area contributed by atoms with Crippen LogP contribution in [0.15, 0.2) is 64.4 Å². The molecule has 3 aromatic rings. The van der Waals surface area contributed by atoms with Gasteiger partial charge < -0.3 is 5.11 Å². The first-order valence-corrected chi connectivity index (χ1v) is 13.4. The van der Waals surface area contributed by atoms with Gasteiger partial charge in [0.15, 0.2) is 0 Å². The fraction of sp³-hybridized carbons (Fsp3) is 0.185. The van der Waals surface area contributed by atoms with Gasteiger partial charge in [0.1, 0.15) is 0 Å². The number of fused-ring (bicyclic) bond motifs is 2. The molecule has 224 valence electrons. The van der Waals surface area contributed by atoms with E-state index in [2.05, 4.69) is 0 Å². The Morgan fingerprint density at radius 3 is 1.60 bits per heavy atom. The molecule has 5 rings (SSSR count). The molecule has 0 saturated carbocycles. The third-order valence-electron chi connectivity index (χ3n) is 7.23. The van der Waals surface area contributed by atoms with Crippen LogP contribution in [0.3, 0.4) is 0 Å². The topological polar surface area (TPSA) is 129 Å². The molecule has 0 saturated heterocycles. The fourth-order valence-electron chi connectivity index (χ4n) is 4.87. The number of aliphatic hydroxyl groups is 1. The highest BCUT2D eigenvalue weighted by Crippen LogP contribution is 2.51. The standard InChI is InChI=1S/C27H16F6N2O7S/c1-12-3-4-13(9-20(12)25(40,26(28,29)30)27(31,32)33)35-23(38)17-8-6-15(11-19(17)24(35)39)43(41,42)14-5-7-16-18(10-14)22(37)34(2)21(16)36/h3-11,40H,1-2H3. The smallest absolute Gasteiger partial charge is 0.369 e. The number of hydrogen-bond acceptors (Lipinski definition) is 7. The number of amides is 4. The van der Waals surface area contributed by atoms with Crippen LogP contribution >= 0.6 is 0 Å². The molecule has 1 N–H and O–H groups in total. The highest BCUT2D eigenvalue weighted by molar-refractivity contribution is 7.91. The maximum Gasteiger partial charge on any atom is 0.430 e. The van der Waals surface area contributed by atoms with Crippen LogP contribution in [-0.4, -0.2) is 61.5 Å². The first-order valence-electron chi connectivity index (χ1n) is 11.9. The average molecular weight is 626 g/mol. The molecular formula is C27H16F6N2O7S. The summed E-state index contributed by atoms with van der Waals surface area (Å²) < 4.78 is 108. The quantitative estimate of drug-likeness (QED) is 0.340.